The fourth-order valence-electron chi connectivity index (χ4n) is 1.02. The van der Waals surface area contributed by atoms with Gasteiger partial charge in [0.2, 0.25) is 0 Å². The number of halogens is 2. The van der Waals surface area contributed by atoms with Crippen molar-refractivity contribution in [3.63, 3.8) is 0 Å². The molecular formula is C13H10Cl2O2. The maximum Gasteiger partial charge on any atom is 0.335 e. The van der Waals surface area contributed by atoms with Crippen LogP contribution in [0.5, 0.6) is 0 Å². The zero-order valence-electron chi connectivity index (χ0n) is 8.81. The molecule has 0 fully saturated rings. The second-order valence-electron chi connectivity index (χ2n) is 3.09. The van der Waals surface area contributed by atoms with Gasteiger partial charge in [-0.15, -0.1) is 0 Å². The number of carbonyl (C=O) groups is 1. The van der Waals surface area contributed by atoms with Gasteiger partial charge in [0.15, 0.2) is 0 Å². The van der Waals surface area contributed by atoms with E-state index >= 15 is 0 Å². The highest BCUT2D eigenvalue weighted by Crippen LogP contribution is 2.19. The quantitative estimate of drug-likeness (QED) is 0.834. The highest BCUT2D eigenvalue weighted by molar-refractivity contribution is 6.41. The van der Waals surface area contributed by atoms with Crippen LogP contribution in [0.25, 0.3) is 0 Å². The van der Waals surface area contributed by atoms with Crippen molar-refractivity contribution in [3.8, 4) is 0 Å². The summed E-state index contributed by atoms with van der Waals surface area (Å²) in [5.74, 6) is -0.879. The van der Waals surface area contributed by atoms with E-state index < -0.39 is 5.97 Å². The molecule has 88 valence electrons. The Labute approximate surface area is 109 Å². The summed E-state index contributed by atoms with van der Waals surface area (Å²) in [5.41, 5.74) is 0.331. The lowest BCUT2D eigenvalue weighted by atomic mass is 10.2. The number of aromatic carboxylic acids is 1. The van der Waals surface area contributed by atoms with Gasteiger partial charge < -0.3 is 5.11 Å². The monoisotopic (exact) mass is 268 g/mol. The molecule has 1 N–H and O–H groups in total. The summed E-state index contributed by atoms with van der Waals surface area (Å²) in [7, 11) is 0. The minimum absolute atomic E-state index is 0.331. The normalized spacial score (nSPS) is 9.06. The van der Waals surface area contributed by atoms with Crippen molar-refractivity contribution in [1.29, 1.82) is 0 Å². The van der Waals surface area contributed by atoms with Gasteiger partial charge in [0.1, 0.15) is 0 Å². The van der Waals surface area contributed by atoms with Gasteiger partial charge >= 0.3 is 5.97 Å². The van der Waals surface area contributed by atoms with Crippen LogP contribution in [0.4, 0.5) is 0 Å². The number of hydrogen-bond acceptors (Lipinski definition) is 1. The van der Waals surface area contributed by atoms with E-state index in [1.807, 2.05) is 12.1 Å². The molecule has 2 nitrogen and oxygen atoms in total. The van der Waals surface area contributed by atoms with E-state index in [4.69, 9.17) is 28.3 Å². The summed E-state index contributed by atoms with van der Waals surface area (Å²) in [5, 5.41) is 9.60. The Kier molecular flexibility index (Phi) is 5.53. The molecule has 17 heavy (non-hydrogen) atoms. The van der Waals surface area contributed by atoms with Crippen LogP contribution in [0.1, 0.15) is 10.4 Å². The summed E-state index contributed by atoms with van der Waals surface area (Å²) in [4.78, 5) is 10.2. The second-order valence-corrected chi connectivity index (χ2v) is 3.90. The van der Waals surface area contributed by atoms with Crippen molar-refractivity contribution in [1.82, 2.24) is 0 Å². The summed E-state index contributed by atoms with van der Waals surface area (Å²) in [6.45, 7) is 0. The topological polar surface area (TPSA) is 37.3 Å². The molecule has 0 spiro atoms. The van der Waals surface area contributed by atoms with Crippen LogP contribution < -0.4 is 0 Å². The van der Waals surface area contributed by atoms with Crippen LogP contribution >= 0.6 is 23.2 Å². The third-order valence-corrected chi connectivity index (χ3v) is 2.60. The van der Waals surface area contributed by atoms with Gasteiger partial charge in [-0.05, 0) is 24.3 Å². The number of hydrogen-bond donors (Lipinski definition) is 1. The van der Waals surface area contributed by atoms with E-state index in [2.05, 4.69) is 0 Å². The Hall–Kier alpha value is -1.51. The molecule has 0 aliphatic heterocycles. The first kappa shape index (κ1) is 13.6. The molecule has 2 aromatic rings. The zero-order valence-corrected chi connectivity index (χ0v) is 10.3. The summed E-state index contributed by atoms with van der Waals surface area (Å²) in [6.07, 6.45) is 0. The van der Waals surface area contributed by atoms with Gasteiger partial charge in [0, 0.05) is 0 Å². The van der Waals surface area contributed by atoms with Crippen molar-refractivity contribution >= 4 is 29.2 Å². The lowest BCUT2D eigenvalue weighted by Crippen LogP contribution is -1.93. The molecule has 0 saturated carbocycles. The van der Waals surface area contributed by atoms with Crippen LogP contribution in [-0.2, 0) is 0 Å². The Morgan fingerprint density at radius 1 is 0.824 bits per heavy atom. The maximum absolute atomic E-state index is 10.2. The molecular weight excluding hydrogens is 259 g/mol. The highest BCUT2D eigenvalue weighted by atomic mass is 35.5. The minimum atomic E-state index is -0.879. The molecule has 0 atom stereocenters. The molecule has 0 saturated heterocycles. The third kappa shape index (κ3) is 4.89. The van der Waals surface area contributed by atoms with Crippen LogP contribution in [0.15, 0.2) is 54.6 Å². The molecule has 0 heterocycles. The van der Waals surface area contributed by atoms with Gasteiger partial charge in [-0.3, -0.25) is 0 Å². The number of carboxylic acids is 1. The van der Waals surface area contributed by atoms with Crippen molar-refractivity contribution in [3.05, 3.63) is 70.2 Å². The Bertz CT molecular complexity index is 463. The molecule has 0 amide bonds. The van der Waals surface area contributed by atoms with E-state index in [1.54, 1.807) is 42.5 Å². The average molecular weight is 269 g/mol. The minimum Gasteiger partial charge on any atom is -0.478 e. The van der Waals surface area contributed by atoms with Crippen LogP contribution in [0.2, 0.25) is 10.0 Å². The Balaban J connectivity index is 0.000000171. The number of rotatable bonds is 1. The fraction of sp³-hybridized carbons (Fsp3) is 0. The van der Waals surface area contributed by atoms with E-state index in [-0.39, 0.29) is 0 Å². The molecule has 0 aliphatic carbocycles. The van der Waals surface area contributed by atoms with E-state index in [0.29, 0.717) is 15.6 Å². The summed E-state index contributed by atoms with van der Waals surface area (Å²) >= 11 is 11.2. The first-order valence-corrected chi connectivity index (χ1v) is 5.55. The molecule has 0 bridgehead atoms. The second kappa shape index (κ2) is 6.94. The van der Waals surface area contributed by atoms with Crippen LogP contribution in [0.3, 0.4) is 0 Å². The average Bonchev–Trinajstić information content (AvgIpc) is 2.35. The smallest absolute Gasteiger partial charge is 0.335 e. The standard InChI is InChI=1S/C7H6O2.C6H4Cl2/c8-7(9)6-4-2-1-3-5-6;7-5-3-1-2-4-6(5)8/h1-5H,(H,8,9);1-4H. The largest absolute Gasteiger partial charge is 0.478 e. The summed E-state index contributed by atoms with van der Waals surface area (Å²) < 4.78 is 0. The third-order valence-electron chi connectivity index (χ3n) is 1.85. The molecule has 0 unspecified atom stereocenters. The first-order valence-electron chi connectivity index (χ1n) is 4.79. The lowest BCUT2D eigenvalue weighted by molar-refractivity contribution is 0.0697. The van der Waals surface area contributed by atoms with E-state index in [0.717, 1.165) is 0 Å². The van der Waals surface area contributed by atoms with Gasteiger partial charge in [0.05, 0.1) is 15.6 Å². The lowest BCUT2D eigenvalue weighted by Gasteiger charge is -1.88. The van der Waals surface area contributed by atoms with Crippen molar-refractivity contribution in [2.24, 2.45) is 0 Å². The number of benzene rings is 2. The van der Waals surface area contributed by atoms with E-state index in [9.17, 15) is 4.79 Å². The molecule has 0 radical (unpaired) electrons. The van der Waals surface area contributed by atoms with Crippen molar-refractivity contribution in [2.45, 2.75) is 0 Å². The van der Waals surface area contributed by atoms with Crippen LogP contribution in [0, 0.1) is 0 Å². The SMILES string of the molecule is Clc1ccccc1Cl.O=C(O)c1ccccc1. The fourth-order valence-corrected chi connectivity index (χ4v) is 1.29. The molecule has 0 aliphatic rings. The molecule has 4 heteroatoms. The predicted octanol–water partition coefficient (Wildman–Crippen LogP) is 4.38. The zero-order chi connectivity index (χ0) is 12.7. The van der Waals surface area contributed by atoms with Crippen molar-refractivity contribution in [2.75, 3.05) is 0 Å². The van der Waals surface area contributed by atoms with Gasteiger partial charge in [0.25, 0.3) is 0 Å². The van der Waals surface area contributed by atoms with Gasteiger partial charge in [-0.2, -0.15) is 0 Å². The Morgan fingerprint density at radius 2 is 1.24 bits per heavy atom. The molecule has 2 aromatic carbocycles. The molecule has 2 rings (SSSR count). The summed E-state index contributed by atoms with van der Waals surface area (Å²) in [6, 6.07) is 15.5. The predicted molar refractivity (Wildman–Crippen MR) is 69.9 cm³/mol. The van der Waals surface area contributed by atoms with Gasteiger partial charge in [-0.1, -0.05) is 53.5 Å². The highest BCUT2D eigenvalue weighted by Gasteiger charge is 1.96. The number of carboxylic acid groups (broad SMARTS) is 1. The van der Waals surface area contributed by atoms with Gasteiger partial charge in [-0.25, -0.2) is 4.79 Å². The van der Waals surface area contributed by atoms with Crippen molar-refractivity contribution < 1.29 is 9.90 Å². The maximum atomic E-state index is 10.2. The van der Waals surface area contributed by atoms with E-state index in [1.165, 1.54) is 0 Å². The van der Waals surface area contributed by atoms with Crippen LogP contribution in [-0.4, -0.2) is 11.1 Å². The first-order chi connectivity index (χ1) is 8.11. The molecule has 0 aromatic heterocycles. The Morgan fingerprint density at radius 3 is 1.53 bits per heavy atom.